The number of carbonyl (C=O) groups is 1. The van der Waals surface area contributed by atoms with Crippen molar-refractivity contribution in [2.75, 3.05) is 39.3 Å². The lowest BCUT2D eigenvalue weighted by molar-refractivity contribution is -0.126. The molecule has 0 aliphatic carbocycles. The van der Waals surface area contributed by atoms with Crippen molar-refractivity contribution >= 4 is 43.1 Å². The van der Waals surface area contributed by atoms with Gasteiger partial charge in [0, 0.05) is 38.8 Å². The molecule has 3 N–H and O–H groups in total. The largest absolute Gasteiger partial charge is 0.353 e. The van der Waals surface area contributed by atoms with E-state index in [-0.39, 0.29) is 43.1 Å². The summed E-state index contributed by atoms with van der Waals surface area (Å²) in [7, 11) is 0. The Morgan fingerprint density at radius 1 is 1.15 bits per heavy atom. The molecular formula is C18H33Cl3N4O. The van der Waals surface area contributed by atoms with E-state index in [1.165, 1.54) is 0 Å². The van der Waals surface area contributed by atoms with Crippen LogP contribution in [0.2, 0.25) is 0 Å². The van der Waals surface area contributed by atoms with E-state index in [1.807, 2.05) is 30.3 Å². The number of nitrogens with one attached hydrogen (secondary N) is 1. The molecule has 1 heterocycles. The van der Waals surface area contributed by atoms with Crippen molar-refractivity contribution in [2.24, 2.45) is 5.73 Å². The van der Waals surface area contributed by atoms with Crippen LogP contribution in [0.5, 0.6) is 0 Å². The lowest BCUT2D eigenvalue weighted by Crippen LogP contribution is -2.55. The molecule has 152 valence electrons. The maximum atomic E-state index is 12.5. The topological polar surface area (TPSA) is 61.6 Å². The van der Waals surface area contributed by atoms with Crippen LogP contribution in [0.25, 0.3) is 0 Å². The monoisotopic (exact) mass is 426 g/mol. The highest BCUT2D eigenvalue weighted by atomic mass is 35.5. The molecule has 1 fully saturated rings. The normalized spacial score (nSPS) is 18.3. The van der Waals surface area contributed by atoms with Crippen LogP contribution in [0.1, 0.15) is 26.3 Å². The number of nitrogens with zero attached hydrogens (tertiary/aromatic N) is 2. The SMILES string of the molecule is CCN1CCN(C(C)CNC(=O)C(C)(N)c2ccccc2)CC1.Cl.Cl.Cl. The summed E-state index contributed by atoms with van der Waals surface area (Å²) >= 11 is 0. The van der Waals surface area contributed by atoms with Crippen molar-refractivity contribution in [2.45, 2.75) is 32.4 Å². The van der Waals surface area contributed by atoms with Crippen LogP contribution in [0.15, 0.2) is 30.3 Å². The summed E-state index contributed by atoms with van der Waals surface area (Å²) in [6.45, 7) is 12.2. The third kappa shape index (κ3) is 7.22. The summed E-state index contributed by atoms with van der Waals surface area (Å²) < 4.78 is 0. The predicted molar refractivity (Wildman–Crippen MR) is 116 cm³/mol. The smallest absolute Gasteiger partial charge is 0.244 e. The van der Waals surface area contributed by atoms with Crippen LogP contribution in [-0.2, 0) is 10.3 Å². The van der Waals surface area contributed by atoms with Gasteiger partial charge in [0.15, 0.2) is 0 Å². The number of hydrogen-bond donors (Lipinski definition) is 2. The molecule has 8 heteroatoms. The first-order chi connectivity index (χ1) is 10.9. The molecule has 0 saturated carbocycles. The molecular weight excluding hydrogens is 395 g/mol. The van der Waals surface area contributed by atoms with Gasteiger partial charge >= 0.3 is 0 Å². The first-order valence-electron chi connectivity index (χ1n) is 8.54. The molecule has 1 aromatic rings. The summed E-state index contributed by atoms with van der Waals surface area (Å²) in [4.78, 5) is 17.4. The van der Waals surface area contributed by atoms with Gasteiger partial charge in [-0.15, -0.1) is 37.2 Å². The Balaban J connectivity index is 0. The summed E-state index contributed by atoms with van der Waals surface area (Å²) in [6, 6.07) is 9.85. The summed E-state index contributed by atoms with van der Waals surface area (Å²) in [5.41, 5.74) is 6.09. The second-order valence-electron chi connectivity index (χ2n) is 6.60. The van der Waals surface area contributed by atoms with Gasteiger partial charge in [-0.1, -0.05) is 37.3 Å². The van der Waals surface area contributed by atoms with Crippen molar-refractivity contribution in [3.05, 3.63) is 35.9 Å². The molecule has 1 aromatic carbocycles. The van der Waals surface area contributed by atoms with Gasteiger partial charge in [0.25, 0.3) is 0 Å². The number of halogens is 3. The van der Waals surface area contributed by atoms with E-state index in [1.54, 1.807) is 6.92 Å². The maximum absolute atomic E-state index is 12.5. The van der Waals surface area contributed by atoms with Gasteiger partial charge in [0.2, 0.25) is 5.91 Å². The Hall–Kier alpha value is -0.560. The van der Waals surface area contributed by atoms with Gasteiger partial charge in [-0.2, -0.15) is 0 Å². The first-order valence-corrected chi connectivity index (χ1v) is 8.54. The second-order valence-corrected chi connectivity index (χ2v) is 6.60. The van der Waals surface area contributed by atoms with E-state index >= 15 is 0 Å². The molecule has 2 rings (SSSR count). The highest BCUT2D eigenvalue weighted by Crippen LogP contribution is 2.17. The number of hydrogen-bond acceptors (Lipinski definition) is 4. The van der Waals surface area contributed by atoms with E-state index in [2.05, 4.69) is 29.0 Å². The zero-order valence-electron chi connectivity index (χ0n) is 15.8. The van der Waals surface area contributed by atoms with Gasteiger partial charge in [-0.3, -0.25) is 9.69 Å². The standard InChI is InChI=1S/C18H30N4O.3ClH/c1-4-21-10-12-22(13-11-21)15(2)14-20-17(23)18(3,19)16-8-6-5-7-9-16;;;/h5-9,15H,4,10-14,19H2,1-3H3,(H,20,23);3*1H. The maximum Gasteiger partial charge on any atom is 0.244 e. The number of amides is 1. The van der Waals surface area contributed by atoms with Crippen LogP contribution in [0, 0.1) is 0 Å². The third-order valence-corrected chi connectivity index (χ3v) is 4.88. The molecule has 2 atom stereocenters. The molecule has 0 bridgehead atoms. The average molecular weight is 428 g/mol. The lowest BCUT2D eigenvalue weighted by atomic mass is 9.92. The molecule has 1 amide bonds. The molecule has 5 nitrogen and oxygen atoms in total. The number of benzene rings is 1. The van der Waals surface area contributed by atoms with Crippen molar-refractivity contribution in [3.8, 4) is 0 Å². The molecule has 1 aliphatic rings. The predicted octanol–water partition coefficient (Wildman–Crippen LogP) is 2.27. The Morgan fingerprint density at radius 2 is 1.69 bits per heavy atom. The first kappa shape index (κ1) is 27.7. The summed E-state index contributed by atoms with van der Waals surface area (Å²) in [5, 5.41) is 3.02. The minimum Gasteiger partial charge on any atom is -0.353 e. The Kier molecular flexibility index (Phi) is 13.6. The molecule has 26 heavy (non-hydrogen) atoms. The van der Waals surface area contributed by atoms with Gasteiger partial charge in [0.05, 0.1) is 0 Å². The van der Waals surface area contributed by atoms with Crippen LogP contribution in [-0.4, -0.2) is 61.0 Å². The van der Waals surface area contributed by atoms with Crippen molar-refractivity contribution in [1.29, 1.82) is 0 Å². The minimum atomic E-state index is -0.998. The zero-order chi connectivity index (χ0) is 16.9. The summed E-state index contributed by atoms with van der Waals surface area (Å²) in [5.74, 6) is -0.122. The second kappa shape index (κ2) is 12.8. The van der Waals surface area contributed by atoms with E-state index in [0.29, 0.717) is 12.6 Å². The molecule has 0 radical (unpaired) electrons. The van der Waals surface area contributed by atoms with Crippen molar-refractivity contribution < 1.29 is 4.79 Å². The quantitative estimate of drug-likeness (QED) is 0.731. The van der Waals surface area contributed by atoms with E-state index < -0.39 is 5.54 Å². The fourth-order valence-electron chi connectivity index (χ4n) is 2.99. The minimum absolute atomic E-state index is 0. The molecule has 0 aromatic heterocycles. The highest BCUT2D eigenvalue weighted by Gasteiger charge is 2.30. The molecule has 1 saturated heterocycles. The van der Waals surface area contributed by atoms with Gasteiger partial charge in [0.1, 0.15) is 5.54 Å². The Morgan fingerprint density at radius 3 is 2.19 bits per heavy atom. The van der Waals surface area contributed by atoms with Crippen LogP contribution in [0.3, 0.4) is 0 Å². The van der Waals surface area contributed by atoms with Gasteiger partial charge in [-0.05, 0) is 26.0 Å². The number of likely N-dealkylation sites (N-methyl/N-ethyl adjacent to an activating group) is 1. The van der Waals surface area contributed by atoms with Crippen LogP contribution in [0.4, 0.5) is 0 Å². The number of carbonyl (C=O) groups excluding carboxylic acids is 1. The van der Waals surface area contributed by atoms with Crippen molar-refractivity contribution in [3.63, 3.8) is 0 Å². The van der Waals surface area contributed by atoms with E-state index in [4.69, 9.17) is 5.73 Å². The van der Waals surface area contributed by atoms with Crippen LogP contribution < -0.4 is 11.1 Å². The molecule has 1 aliphatic heterocycles. The zero-order valence-corrected chi connectivity index (χ0v) is 18.3. The number of nitrogens with two attached hydrogens (primary N) is 1. The van der Waals surface area contributed by atoms with Crippen molar-refractivity contribution in [1.82, 2.24) is 15.1 Å². The van der Waals surface area contributed by atoms with Gasteiger partial charge < -0.3 is 16.0 Å². The van der Waals surface area contributed by atoms with E-state index in [9.17, 15) is 4.79 Å². The highest BCUT2D eigenvalue weighted by molar-refractivity contribution is 5.87. The number of rotatable bonds is 6. The number of piperazine rings is 1. The lowest BCUT2D eigenvalue weighted by Gasteiger charge is -2.38. The average Bonchev–Trinajstić information content (AvgIpc) is 2.60. The molecule has 0 spiro atoms. The fourth-order valence-corrected chi connectivity index (χ4v) is 2.99. The van der Waals surface area contributed by atoms with Gasteiger partial charge in [-0.25, -0.2) is 0 Å². The fraction of sp³-hybridized carbons (Fsp3) is 0.611. The Labute approximate surface area is 176 Å². The molecule has 2 unspecified atom stereocenters. The Bertz CT molecular complexity index is 508. The third-order valence-electron chi connectivity index (χ3n) is 4.88. The summed E-state index contributed by atoms with van der Waals surface area (Å²) in [6.07, 6.45) is 0. The van der Waals surface area contributed by atoms with Crippen LogP contribution >= 0.6 is 37.2 Å². The van der Waals surface area contributed by atoms with E-state index in [0.717, 1.165) is 38.3 Å².